The molecule has 0 aliphatic carbocycles. The van der Waals surface area contributed by atoms with Crippen LogP contribution in [0.2, 0.25) is 0 Å². The van der Waals surface area contributed by atoms with Gasteiger partial charge in [-0.25, -0.2) is 9.97 Å². The number of nitrogens with zero attached hydrogens (tertiary/aromatic N) is 3. The zero-order valence-corrected chi connectivity index (χ0v) is 16.2. The lowest BCUT2D eigenvalue weighted by Gasteiger charge is -2.20. The molecule has 0 radical (unpaired) electrons. The number of pyridine rings is 1. The summed E-state index contributed by atoms with van der Waals surface area (Å²) in [6, 6.07) is 9.07. The highest BCUT2D eigenvalue weighted by Gasteiger charge is 2.30. The Labute approximate surface area is 168 Å². The van der Waals surface area contributed by atoms with Gasteiger partial charge in [-0.05, 0) is 31.2 Å². The summed E-state index contributed by atoms with van der Waals surface area (Å²) in [5.41, 5.74) is -0.579. The molecule has 0 spiro atoms. The monoisotopic (exact) mass is 422 g/mol. The Kier molecular flexibility index (Phi) is 6.21. The molecule has 3 rings (SSSR count). The van der Waals surface area contributed by atoms with Crippen LogP contribution in [0.25, 0.3) is 10.9 Å². The summed E-state index contributed by atoms with van der Waals surface area (Å²) in [7, 11) is 0. The number of H-pyrrole nitrogens is 1. The maximum absolute atomic E-state index is 12.6. The van der Waals surface area contributed by atoms with Crippen LogP contribution in [0.1, 0.15) is 18.3 Å². The van der Waals surface area contributed by atoms with Crippen molar-refractivity contribution in [3.8, 4) is 0 Å². The smallest absolute Gasteiger partial charge is 0.335 e. The molecule has 2 heterocycles. The van der Waals surface area contributed by atoms with Gasteiger partial charge in [-0.3, -0.25) is 9.59 Å². The van der Waals surface area contributed by atoms with E-state index in [4.69, 9.17) is 0 Å². The normalized spacial score (nSPS) is 11.6. The Morgan fingerprint density at radius 2 is 1.97 bits per heavy atom. The van der Waals surface area contributed by atoms with Crippen LogP contribution in [0.3, 0.4) is 0 Å². The minimum atomic E-state index is -4.45. The number of halogens is 3. The van der Waals surface area contributed by atoms with Crippen LogP contribution in [0.4, 0.5) is 13.2 Å². The number of alkyl halides is 3. The molecular weight excluding hydrogens is 405 g/mol. The van der Waals surface area contributed by atoms with Gasteiger partial charge < -0.3 is 9.88 Å². The van der Waals surface area contributed by atoms with E-state index in [9.17, 15) is 22.8 Å². The van der Waals surface area contributed by atoms with Crippen LogP contribution in [0, 0.1) is 0 Å². The number of thioether (sulfide) groups is 1. The maximum atomic E-state index is 12.6. The molecule has 0 saturated carbocycles. The molecular formula is C19H17F3N4O2S. The van der Waals surface area contributed by atoms with Crippen LogP contribution in [-0.4, -0.2) is 38.1 Å². The third-order valence-electron chi connectivity index (χ3n) is 4.14. The fourth-order valence-corrected chi connectivity index (χ4v) is 3.37. The molecule has 6 nitrogen and oxygen atoms in total. The number of rotatable bonds is 6. The topological polar surface area (TPSA) is 79.0 Å². The van der Waals surface area contributed by atoms with Gasteiger partial charge in [0, 0.05) is 12.7 Å². The van der Waals surface area contributed by atoms with Gasteiger partial charge in [-0.2, -0.15) is 13.2 Å². The summed E-state index contributed by atoms with van der Waals surface area (Å²) < 4.78 is 37.7. The quantitative estimate of drug-likeness (QED) is 0.616. The second-order valence-electron chi connectivity index (χ2n) is 6.11. The zero-order chi connectivity index (χ0) is 21.0. The van der Waals surface area contributed by atoms with Crippen molar-refractivity contribution in [1.29, 1.82) is 0 Å². The van der Waals surface area contributed by atoms with E-state index in [0.29, 0.717) is 28.3 Å². The van der Waals surface area contributed by atoms with Gasteiger partial charge in [-0.15, -0.1) is 0 Å². The zero-order valence-electron chi connectivity index (χ0n) is 15.4. The summed E-state index contributed by atoms with van der Waals surface area (Å²) in [5, 5.41) is 0.786. The molecule has 1 amide bonds. The predicted molar refractivity (Wildman–Crippen MR) is 103 cm³/mol. The Balaban J connectivity index is 1.66. The van der Waals surface area contributed by atoms with E-state index >= 15 is 0 Å². The third kappa shape index (κ3) is 5.14. The SMILES string of the molecule is CCN(Cc1nc2ccccc2c(=O)[nH]1)C(=O)CSc1ccc(C(F)(F)F)cn1. The van der Waals surface area contributed by atoms with E-state index in [1.165, 1.54) is 11.0 Å². The first-order chi connectivity index (χ1) is 13.8. The number of aromatic nitrogens is 3. The summed E-state index contributed by atoms with van der Waals surface area (Å²) in [5.74, 6) is 0.126. The van der Waals surface area contributed by atoms with Gasteiger partial charge in [0.2, 0.25) is 5.91 Å². The van der Waals surface area contributed by atoms with E-state index in [0.717, 1.165) is 24.0 Å². The molecule has 2 aromatic heterocycles. The molecule has 29 heavy (non-hydrogen) atoms. The Hall–Kier alpha value is -2.88. The lowest BCUT2D eigenvalue weighted by atomic mass is 10.2. The average molecular weight is 422 g/mol. The molecule has 1 N–H and O–H groups in total. The van der Waals surface area contributed by atoms with E-state index < -0.39 is 11.7 Å². The van der Waals surface area contributed by atoms with Gasteiger partial charge in [0.05, 0.1) is 33.8 Å². The fourth-order valence-electron chi connectivity index (χ4n) is 2.63. The second kappa shape index (κ2) is 8.64. The van der Waals surface area contributed by atoms with Crippen LogP contribution >= 0.6 is 11.8 Å². The van der Waals surface area contributed by atoms with Gasteiger partial charge in [0.25, 0.3) is 5.56 Å². The minimum Gasteiger partial charge on any atom is -0.335 e. The number of fused-ring (bicyclic) bond motifs is 1. The van der Waals surface area contributed by atoms with Gasteiger partial charge in [0.1, 0.15) is 5.82 Å². The van der Waals surface area contributed by atoms with Crippen molar-refractivity contribution in [2.45, 2.75) is 24.7 Å². The molecule has 3 aromatic rings. The number of benzene rings is 1. The number of hydrogen-bond donors (Lipinski definition) is 1. The Morgan fingerprint density at radius 1 is 1.21 bits per heavy atom. The number of carbonyl (C=O) groups is 1. The number of nitrogens with one attached hydrogen (secondary N) is 1. The molecule has 0 aliphatic heterocycles. The summed E-state index contributed by atoms with van der Waals surface area (Å²) in [4.78, 5) is 37.0. The van der Waals surface area contributed by atoms with Crippen molar-refractivity contribution >= 4 is 28.6 Å². The molecule has 0 unspecified atom stereocenters. The van der Waals surface area contributed by atoms with E-state index in [2.05, 4.69) is 15.0 Å². The molecule has 1 aromatic carbocycles. The van der Waals surface area contributed by atoms with Crippen molar-refractivity contribution in [3.05, 3.63) is 64.3 Å². The third-order valence-corrected chi connectivity index (χ3v) is 5.07. The number of hydrogen-bond acceptors (Lipinski definition) is 5. The van der Waals surface area contributed by atoms with Crippen molar-refractivity contribution < 1.29 is 18.0 Å². The van der Waals surface area contributed by atoms with Crippen LogP contribution in [-0.2, 0) is 17.5 Å². The first kappa shape index (κ1) is 20.8. The standard InChI is InChI=1S/C19H17F3N4O2S/c1-2-26(10-15-24-14-6-4-3-5-13(14)18(28)25-15)17(27)11-29-16-8-7-12(9-23-16)19(20,21)22/h3-9H,2,10-11H2,1H3,(H,24,25,28). The molecule has 0 saturated heterocycles. The van der Waals surface area contributed by atoms with Crippen LogP contribution in [0.5, 0.6) is 0 Å². The molecule has 0 aliphatic rings. The molecule has 152 valence electrons. The summed E-state index contributed by atoms with van der Waals surface area (Å²) in [6.07, 6.45) is -3.71. The number of carbonyl (C=O) groups excluding carboxylic acids is 1. The molecule has 0 bridgehead atoms. The van der Waals surface area contributed by atoms with E-state index in [1.807, 2.05) is 0 Å². The van der Waals surface area contributed by atoms with E-state index in [-0.39, 0.29) is 23.8 Å². The number of aromatic amines is 1. The minimum absolute atomic E-state index is 0.00399. The first-order valence-corrected chi connectivity index (χ1v) is 9.68. The van der Waals surface area contributed by atoms with Crippen molar-refractivity contribution in [1.82, 2.24) is 19.9 Å². The lowest BCUT2D eigenvalue weighted by Crippen LogP contribution is -2.33. The predicted octanol–water partition coefficient (Wildman–Crippen LogP) is 3.48. The summed E-state index contributed by atoms with van der Waals surface area (Å²) in [6.45, 7) is 2.30. The van der Waals surface area contributed by atoms with Gasteiger partial charge >= 0.3 is 6.18 Å². The average Bonchev–Trinajstić information content (AvgIpc) is 2.70. The first-order valence-electron chi connectivity index (χ1n) is 8.69. The second-order valence-corrected chi connectivity index (χ2v) is 7.10. The highest BCUT2D eigenvalue weighted by atomic mass is 32.2. The summed E-state index contributed by atoms with van der Waals surface area (Å²) >= 11 is 1.05. The Bertz CT molecular complexity index is 1070. The fraction of sp³-hybridized carbons (Fsp3) is 0.263. The van der Waals surface area contributed by atoms with E-state index in [1.54, 1.807) is 31.2 Å². The number of amides is 1. The highest BCUT2D eigenvalue weighted by molar-refractivity contribution is 7.99. The maximum Gasteiger partial charge on any atom is 0.417 e. The van der Waals surface area contributed by atoms with Crippen molar-refractivity contribution in [3.63, 3.8) is 0 Å². The highest BCUT2D eigenvalue weighted by Crippen LogP contribution is 2.29. The molecule has 0 atom stereocenters. The van der Waals surface area contributed by atoms with Crippen LogP contribution in [0.15, 0.2) is 52.4 Å². The Morgan fingerprint density at radius 3 is 2.62 bits per heavy atom. The van der Waals surface area contributed by atoms with Gasteiger partial charge in [-0.1, -0.05) is 23.9 Å². The molecule has 0 fully saturated rings. The van der Waals surface area contributed by atoms with Crippen LogP contribution < -0.4 is 5.56 Å². The molecule has 10 heteroatoms. The largest absolute Gasteiger partial charge is 0.417 e. The van der Waals surface area contributed by atoms with Crippen molar-refractivity contribution in [2.24, 2.45) is 0 Å². The number of para-hydroxylation sites is 1. The lowest BCUT2D eigenvalue weighted by molar-refractivity contribution is -0.138. The van der Waals surface area contributed by atoms with Crippen molar-refractivity contribution in [2.75, 3.05) is 12.3 Å². The van der Waals surface area contributed by atoms with Gasteiger partial charge in [0.15, 0.2) is 0 Å².